The van der Waals surface area contributed by atoms with Gasteiger partial charge in [-0.2, -0.15) is 0 Å². The Morgan fingerprint density at radius 3 is 2.89 bits per heavy atom. The summed E-state index contributed by atoms with van der Waals surface area (Å²) in [6.07, 6.45) is 11.5. The molecule has 1 aliphatic carbocycles. The van der Waals surface area contributed by atoms with Gasteiger partial charge < -0.3 is 9.88 Å². The minimum absolute atomic E-state index is 0.0403. The lowest BCUT2D eigenvalue weighted by Gasteiger charge is -2.16. The fraction of sp³-hybridized carbons (Fsp3) is 0.450. The number of hydrogen-bond acceptors (Lipinski definition) is 4. The fourth-order valence-electron chi connectivity index (χ4n) is 3.45. The number of nitrogens with zero attached hydrogens (tertiary/aromatic N) is 3. The van der Waals surface area contributed by atoms with Crippen molar-refractivity contribution in [2.75, 3.05) is 12.8 Å². The summed E-state index contributed by atoms with van der Waals surface area (Å²) in [6, 6.07) is 4.85. The number of aromatic nitrogens is 3. The van der Waals surface area contributed by atoms with E-state index in [1.54, 1.807) is 23.9 Å². The third-order valence-electron chi connectivity index (χ3n) is 4.85. The molecule has 5 nitrogen and oxygen atoms in total. The summed E-state index contributed by atoms with van der Waals surface area (Å²) in [7, 11) is 0. The predicted octanol–water partition coefficient (Wildman–Crippen LogP) is 4.67. The minimum Gasteiger partial charge on any atom is -0.353 e. The van der Waals surface area contributed by atoms with Crippen molar-refractivity contribution in [1.29, 1.82) is 0 Å². The highest BCUT2D eigenvalue weighted by Gasteiger charge is 2.23. The van der Waals surface area contributed by atoms with E-state index in [1.807, 2.05) is 6.26 Å². The number of nitrogens with one attached hydrogen (secondary N) is 1. The second-order valence-corrected chi connectivity index (χ2v) is 7.99. The lowest BCUT2D eigenvalue weighted by Crippen LogP contribution is -2.23. The number of amides is 1. The van der Waals surface area contributed by atoms with Crippen molar-refractivity contribution in [3.05, 3.63) is 46.5 Å². The van der Waals surface area contributed by atoms with Gasteiger partial charge in [-0.3, -0.25) is 4.79 Å². The maximum Gasteiger partial charge on any atom is 0.243 e. The minimum atomic E-state index is -0.474. The highest BCUT2D eigenvalue weighted by atomic mass is 35.5. The summed E-state index contributed by atoms with van der Waals surface area (Å²) in [6.45, 7) is 0.555. The molecule has 150 valence electrons. The van der Waals surface area contributed by atoms with Gasteiger partial charge in [0.05, 0.1) is 5.02 Å². The van der Waals surface area contributed by atoms with Crippen LogP contribution in [0.1, 0.15) is 49.5 Å². The predicted molar refractivity (Wildman–Crippen MR) is 111 cm³/mol. The van der Waals surface area contributed by atoms with Gasteiger partial charge in [0.25, 0.3) is 0 Å². The molecule has 1 heterocycles. The second-order valence-electron chi connectivity index (χ2n) is 6.81. The Morgan fingerprint density at radius 2 is 2.18 bits per heavy atom. The highest BCUT2D eigenvalue weighted by Crippen LogP contribution is 2.33. The molecule has 0 spiro atoms. The Balaban J connectivity index is 1.48. The van der Waals surface area contributed by atoms with Gasteiger partial charge in [0, 0.05) is 25.1 Å². The number of thioether (sulfide) groups is 1. The van der Waals surface area contributed by atoms with Gasteiger partial charge >= 0.3 is 0 Å². The van der Waals surface area contributed by atoms with Gasteiger partial charge in [0.2, 0.25) is 5.91 Å². The van der Waals surface area contributed by atoms with Crippen LogP contribution in [0.15, 0.2) is 29.4 Å². The summed E-state index contributed by atoms with van der Waals surface area (Å²) in [5.74, 6) is 0.336. The van der Waals surface area contributed by atoms with Crippen LogP contribution in [0.4, 0.5) is 4.39 Å². The summed E-state index contributed by atoms with van der Waals surface area (Å²) in [5, 5.41) is 12.6. The SMILES string of the molecule is CSc1nnc(CCCNC(=O)/C=C/c2ccc(F)c(Cl)c2)n1C1CCCC1. The number of halogens is 2. The number of hydrogen-bond donors (Lipinski definition) is 1. The standard InChI is InChI=1S/C20H24ClFN4OS/c1-28-20-25-24-18(26(20)15-5-2-3-6-15)7-4-12-23-19(27)11-9-14-8-10-17(22)16(21)13-14/h8-11,13,15H,2-7,12H2,1H3,(H,23,27)/b11-9+. The zero-order chi connectivity index (χ0) is 19.9. The summed E-state index contributed by atoms with van der Waals surface area (Å²) < 4.78 is 15.4. The molecular formula is C20H24ClFN4OS. The van der Waals surface area contributed by atoms with Crippen LogP contribution in [0.2, 0.25) is 5.02 Å². The van der Waals surface area contributed by atoms with Crippen LogP contribution >= 0.6 is 23.4 Å². The molecule has 1 aliphatic rings. The molecule has 1 aromatic carbocycles. The van der Waals surface area contributed by atoms with Crippen LogP contribution in [0.3, 0.4) is 0 Å². The summed E-state index contributed by atoms with van der Waals surface area (Å²) in [5.41, 5.74) is 0.677. The Hall–Kier alpha value is -1.86. The van der Waals surface area contributed by atoms with Crippen LogP contribution in [-0.2, 0) is 11.2 Å². The first kappa shape index (κ1) is 20.9. The number of carbonyl (C=O) groups excluding carboxylic acids is 1. The highest BCUT2D eigenvalue weighted by molar-refractivity contribution is 7.98. The van der Waals surface area contributed by atoms with E-state index in [4.69, 9.17) is 11.6 Å². The molecule has 0 bridgehead atoms. The number of rotatable bonds is 8. The molecule has 1 fully saturated rings. The first-order valence-electron chi connectivity index (χ1n) is 9.47. The number of aryl methyl sites for hydroxylation is 1. The van der Waals surface area contributed by atoms with Crippen molar-refractivity contribution in [3.63, 3.8) is 0 Å². The van der Waals surface area contributed by atoms with Gasteiger partial charge in [0.1, 0.15) is 11.6 Å². The first-order valence-corrected chi connectivity index (χ1v) is 11.1. The van der Waals surface area contributed by atoms with Crippen molar-refractivity contribution < 1.29 is 9.18 Å². The van der Waals surface area contributed by atoms with E-state index in [1.165, 1.54) is 43.9 Å². The van der Waals surface area contributed by atoms with E-state index in [-0.39, 0.29) is 10.9 Å². The van der Waals surface area contributed by atoms with Crippen LogP contribution in [0.25, 0.3) is 6.08 Å². The van der Waals surface area contributed by atoms with Crippen LogP contribution < -0.4 is 5.32 Å². The fourth-order valence-corrected chi connectivity index (χ4v) is 4.21. The van der Waals surface area contributed by atoms with Gasteiger partial charge in [0.15, 0.2) is 5.16 Å². The van der Waals surface area contributed by atoms with Crippen molar-refractivity contribution in [2.45, 2.75) is 49.7 Å². The molecule has 3 rings (SSSR count). The van der Waals surface area contributed by atoms with Crippen LogP contribution in [0, 0.1) is 5.82 Å². The van der Waals surface area contributed by atoms with Crippen molar-refractivity contribution in [1.82, 2.24) is 20.1 Å². The average molecular weight is 423 g/mol. The Morgan fingerprint density at radius 1 is 1.39 bits per heavy atom. The molecule has 0 atom stereocenters. The molecule has 0 unspecified atom stereocenters. The van der Waals surface area contributed by atoms with Crippen molar-refractivity contribution >= 4 is 35.3 Å². The van der Waals surface area contributed by atoms with E-state index >= 15 is 0 Å². The average Bonchev–Trinajstić information content (AvgIpc) is 3.35. The third kappa shape index (κ3) is 5.35. The zero-order valence-corrected chi connectivity index (χ0v) is 17.4. The summed E-state index contributed by atoms with van der Waals surface area (Å²) in [4.78, 5) is 12.0. The molecule has 0 aliphatic heterocycles. The molecule has 0 radical (unpaired) electrons. The van der Waals surface area contributed by atoms with Crippen LogP contribution in [0.5, 0.6) is 0 Å². The molecule has 1 aromatic heterocycles. The largest absolute Gasteiger partial charge is 0.353 e. The zero-order valence-electron chi connectivity index (χ0n) is 15.8. The molecule has 28 heavy (non-hydrogen) atoms. The van der Waals surface area contributed by atoms with E-state index < -0.39 is 5.82 Å². The Labute approximate surface area is 173 Å². The molecule has 0 saturated heterocycles. The molecule has 1 saturated carbocycles. The quantitative estimate of drug-likeness (QED) is 0.381. The molecule has 8 heteroatoms. The Bertz CT molecular complexity index is 849. The topological polar surface area (TPSA) is 59.8 Å². The number of benzene rings is 1. The third-order valence-corrected chi connectivity index (χ3v) is 5.79. The van der Waals surface area contributed by atoms with Crippen molar-refractivity contribution in [3.8, 4) is 0 Å². The maximum absolute atomic E-state index is 13.1. The van der Waals surface area contributed by atoms with Gasteiger partial charge in [-0.05, 0) is 49.3 Å². The van der Waals surface area contributed by atoms with Gasteiger partial charge in [-0.15, -0.1) is 10.2 Å². The van der Waals surface area contributed by atoms with Gasteiger partial charge in [-0.1, -0.05) is 42.3 Å². The molecular weight excluding hydrogens is 399 g/mol. The Kier molecular flexibility index (Phi) is 7.50. The second kappa shape index (κ2) is 10.1. The lowest BCUT2D eigenvalue weighted by atomic mass is 10.2. The van der Waals surface area contributed by atoms with E-state index in [2.05, 4.69) is 20.1 Å². The first-order chi connectivity index (χ1) is 13.6. The smallest absolute Gasteiger partial charge is 0.243 e. The molecule has 1 amide bonds. The van der Waals surface area contributed by atoms with E-state index in [0.29, 0.717) is 18.2 Å². The molecule has 2 aromatic rings. The van der Waals surface area contributed by atoms with Crippen molar-refractivity contribution in [2.24, 2.45) is 0 Å². The van der Waals surface area contributed by atoms with E-state index in [9.17, 15) is 9.18 Å². The monoisotopic (exact) mass is 422 g/mol. The maximum atomic E-state index is 13.1. The lowest BCUT2D eigenvalue weighted by molar-refractivity contribution is -0.116. The van der Waals surface area contributed by atoms with E-state index in [0.717, 1.165) is 23.8 Å². The van der Waals surface area contributed by atoms with Crippen LogP contribution in [-0.4, -0.2) is 33.5 Å². The van der Waals surface area contributed by atoms with Gasteiger partial charge in [-0.25, -0.2) is 4.39 Å². The molecule has 1 N–H and O–H groups in total. The number of carbonyl (C=O) groups is 1. The summed E-state index contributed by atoms with van der Waals surface area (Å²) >= 11 is 7.37. The normalized spacial score (nSPS) is 14.8.